The van der Waals surface area contributed by atoms with E-state index in [2.05, 4.69) is 27.5 Å². The van der Waals surface area contributed by atoms with Crippen LogP contribution >= 0.6 is 0 Å². The van der Waals surface area contributed by atoms with Gasteiger partial charge < -0.3 is 29.9 Å². The third-order valence-corrected chi connectivity index (χ3v) is 5.00. The fourth-order valence-electron chi connectivity index (χ4n) is 3.35. The van der Waals surface area contributed by atoms with Crippen LogP contribution in [0.3, 0.4) is 0 Å². The third-order valence-electron chi connectivity index (χ3n) is 5.00. The van der Waals surface area contributed by atoms with Gasteiger partial charge in [0.05, 0.1) is 0 Å². The van der Waals surface area contributed by atoms with E-state index >= 15 is 0 Å². The molecule has 1 saturated heterocycles. The highest BCUT2D eigenvalue weighted by atomic mass is 16.7. The Balaban J connectivity index is 1.27. The van der Waals surface area contributed by atoms with Crippen LogP contribution in [0.25, 0.3) is 0 Å². The highest BCUT2D eigenvalue weighted by Crippen LogP contribution is 2.34. The predicted molar refractivity (Wildman–Crippen MR) is 111 cm³/mol. The zero-order valence-corrected chi connectivity index (χ0v) is 16.3. The summed E-state index contributed by atoms with van der Waals surface area (Å²) in [5, 5.41) is 5.46. The first-order valence-electron chi connectivity index (χ1n) is 9.60. The molecule has 2 heterocycles. The average molecular weight is 396 g/mol. The van der Waals surface area contributed by atoms with Crippen molar-refractivity contribution in [2.45, 2.75) is 6.42 Å². The lowest BCUT2D eigenvalue weighted by Crippen LogP contribution is -2.44. The quantitative estimate of drug-likeness (QED) is 0.754. The van der Waals surface area contributed by atoms with Gasteiger partial charge in [-0.25, -0.2) is 0 Å². The first kappa shape index (κ1) is 19.1. The number of carbonyl (C=O) groups is 2. The van der Waals surface area contributed by atoms with Crippen LogP contribution in [0.15, 0.2) is 42.5 Å². The van der Waals surface area contributed by atoms with E-state index in [1.807, 2.05) is 24.3 Å². The van der Waals surface area contributed by atoms with Gasteiger partial charge in [0.25, 0.3) is 0 Å². The number of ether oxygens (including phenoxy) is 2. The molecule has 0 aliphatic carbocycles. The highest BCUT2D eigenvalue weighted by molar-refractivity contribution is 6.08. The fourth-order valence-corrected chi connectivity index (χ4v) is 3.35. The highest BCUT2D eigenvalue weighted by Gasteiger charge is 2.16. The maximum Gasteiger partial charge on any atom is 0.233 e. The molecule has 2 N–H and O–H groups in total. The number of likely N-dealkylation sites (N-methyl/N-ethyl adjacent to an activating group) is 1. The van der Waals surface area contributed by atoms with Crippen molar-refractivity contribution >= 4 is 28.9 Å². The second kappa shape index (κ2) is 8.40. The molecule has 2 aliphatic heterocycles. The normalized spacial score (nSPS) is 15.8. The first-order chi connectivity index (χ1) is 14.1. The van der Waals surface area contributed by atoms with E-state index in [0.717, 1.165) is 31.9 Å². The Hall–Kier alpha value is -3.26. The van der Waals surface area contributed by atoms with Crippen LogP contribution in [0.4, 0.5) is 17.1 Å². The van der Waals surface area contributed by atoms with E-state index in [0.29, 0.717) is 22.9 Å². The minimum Gasteiger partial charge on any atom is -0.454 e. The molecule has 2 aliphatic rings. The van der Waals surface area contributed by atoms with Crippen molar-refractivity contribution in [3.05, 3.63) is 42.5 Å². The molecule has 152 valence electrons. The van der Waals surface area contributed by atoms with Crippen LogP contribution in [0.5, 0.6) is 11.5 Å². The summed E-state index contributed by atoms with van der Waals surface area (Å²) in [5.41, 5.74) is 2.36. The summed E-state index contributed by atoms with van der Waals surface area (Å²) in [6, 6.07) is 12.8. The van der Waals surface area contributed by atoms with Crippen LogP contribution in [0.1, 0.15) is 6.42 Å². The second-order valence-electron chi connectivity index (χ2n) is 7.18. The molecule has 2 aromatic rings. The number of anilines is 3. The van der Waals surface area contributed by atoms with Crippen molar-refractivity contribution < 1.29 is 19.1 Å². The number of nitrogens with one attached hydrogen (secondary N) is 2. The van der Waals surface area contributed by atoms with Gasteiger partial charge in [0.1, 0.15) is 6.42 Å². The standard InChI is InChI=1S/C21H24N4O4/c1-24-8-10-25(11-9-24)17-5-2-15(3-6-17)22-20(26)13-21(27)23-16-4-7-18-19(12-16)29-14-28-18/h2-7,12H,8-11,13-14H2,1H3,(H,22,26)(H,23,27). The van der Waals surface area contributed by atoms with E-state index in [1.54, 1.807) is 18.2 Å². The van der Waals surface area contributed by atoms with Crippen LogP contribution in [-0.2, 0) is 9.59 Å². The third kappa shape index (κ3) is 4.78. The lowest BCUT2D eigenvalue weighted by atomic mass is 10.2. The molecule has 8 heteroatoms. The summed E-state index contributed by atoms with van der Waals surface area (Å²) in [7, 11) is 2.12. The summed E-state index contributed by atoms with van der Waals surface area (Å²) < 4.78 is 10.5. The Morgan fingerprint density at radius 3 is 2.21 bits per heavy atom. The molecular formula is C21H24N4O4. The van der Waals surface area contributed by atoms with Gasteiger partial charge in [-0.05, 0) is 43.4 Å². The van der Waals surface area contributed by atoms with Crippen LogP contribution < -0.4 is 25.0 Å². The van der Waals surface area contributed by atoms with Crippen molar-refractivity contribution in [1.29, 1.82) is 0 Å². The number of benzene rings is 2. The Morgan fingerprint density at radius 2 is 1.48 bits per heavy atom. The van der Waals surface area contributed by atoms with Crippen LogP contribution in [0.2, 0.25) is 0 Å². The van der Waals surface area contributed by atoms with Crippen molar-refractivity contribution in [2.75, 3.05) is 55.6 Å². The first-order valence-corrected chi connectivity index (χ1v) is 9.60. The van der Waals surface area contributed by atoms with Crippen LogP contribution in [0, 0.1) is 0 Å². The number of amides is 2. The number of carbonyl (C=O) groups excluding carboxylic acids is 2. The molecule has 2 amide bonds. The van der Waals surface area contributed by atoms with E-state index in [1.165, 1.54) is 0 Å². The lowest BCUT2D eigenvalue weighted by Gasteiger charge is -2.34. The smallest absolute Gasteiger partial charge is 0.233 e. The summed E-state index contributed by atoms with van der Waals surface area (Å²) in [5.74, 6) is 0.458. The molecular weight excluding hydrogens is 372 g/mol. The molecule has 4 rings (SSSR count). The molecule has 0 bridgehead atoms. The Labute approximate surface area is 169 Å². The molecule has 0 spiro atoms. The zero-order valence-electron chi connectivity index (χ0n) is 16.3. The predicted octanol–water partition coefficient (Wildman–Crippen LogP) is 2.13. The van der Waals surface area contributed by atoms with E-state index in [4.69, 9.17) is 9.47 Å². The fraction of sp³-hybridized carbons (Fsp3) is 0.333. The minimum absolute atomic E-state index is 0.169. The zero-order chi connectivity index (χ0) is 20.2. The van der Waals surface area contributed by atoms with Gasteiger partial charge in [0.2, 0.25) is 18.6 Å². The SMILES string of the molecule is CN1CCN(c2ccc(NC(=O)CC(=O)Nc3ccc4c(c3)OCO4)cc2)CC1. The van der Waals surface area contributed by atoms with Gasteiger partial charge in [-0.15, -0.1) is 0 Å². The van der Waals surface area contributed by atoms with E-state index in [-0.39, 0.29) is 19.1 Å². The van der Waals surface area contributed by atoms with Crippen molar-refractivity contribution in [3.63, 3.8) is 0 Å². The molecule has 0 unspecified atom stereocenters. The number of fused-ring (bicyclic) bond motifs is 1. The monoisotopic (exact) mass is 396 g/mol. The number of piperazine rings is 1. The van der Waals surface area contributed by atoms with Gasteiger partial charge >= 0.3 is 0 Å². The van der Waals surface area contributed by atoms with Gasteiger partial charge in [-0.2, -0.15) is 0 Å². The number of hydrogen-bond acceptors (Lipinski definition) is 6. The molecule has 8 nitrogen and oxygen atoms in total. The summed E-state index contributed by atoms with van der Waals surface area (Å²) in [6.45, 7) is 4.22. The van der Waals surface area contributed by atoms with Crippen molar-refractivity contribution in [1.82, 2.24) is 4.90 Å². The van der Waals surface area contributed by atoms with E-state index < -0.39 is 5.91 Å². The van der Waals surface area contributed by atoms with Gasteiger partial charge in [0.15, 0.2) is 11.5 Å². The summed E-state index contributed by atoms with van der Waals surface area (Å²) >= 11 is 0. The van der Waals surface area contributed by atoms with Gasteiger partial charge in [-0.1, -0.05) is 0 Å². The van der Waals surface area contributed by atoms with Crippen molar-refractivity contribution in [2.24, 2.45) is 0 Å². The lowest BCUT2D eigenvalue weighted by molar-refractivity contribution is -0.123. The van der Waals surface area contributed by atoms with Crippen LogP contribution in [-0.4, -0.2) is 56.7 Å². The molecule has 0 radical (unpaired) electrons. The number of rotatable bonds is 5. The second-order valence-corrected chi connectivity index (χ2v) is 7.18. The number of hydrogen-bond donors (Lipinski definition) is 2. The van der Waals surface area contributed by atoms with Crippen molar-refractivity contribution in [3.8, 4) is 11.5 Å². The maximum absolute atomic E-state index is 12.2. The Kier molecular flexibility index (Phi) is 5.53. The minimum atomic E-state index is -0.393. The summed E-state index contributed by atoms with van der Waals surface area (Å²) in [4.78, 5) is 29.0. The summed E-state index contributed by atoms with van der Waals surface area (Å²) in [6.07, 6.45) is -0.269. The Morgan fingerprint density at radius 1 is 0.862 bits per heavy atom. The van der Waals surface area contributed by atoms with Gasteiger partial charge in [-0.3, -0.25) is 9.59 Å². The average Bonchev–Trinajstić information content (AvgIpc) is 3.17. The molecule has 0 aromatic heterocycles. The number of nitrogens with zero attached hydrogens (tertiary/aromatic N) is 2. The van der Waals surface area contributed by atoms with E-state index in [9.17, 15) is 9.59 Å². The molecule has 2 aromatic carbocycles. The molecule has 29 heavy (non-hydrogen) atoms. The Bertz CT molecular complexity index is 892. The van der Waals surface area contributed by atoms with Gasteiger partial charge in [0, 0.05) is 49.3 Å². The largest absolute Gasteiger partial charge is 0.454 e. The molecule has 0 atom stereocenters. The molecule has 1 fully saturated rings. The topological polar surface area (TPSA) is 83.1 Å². The molecule has 0 saturated carbocycles. The maximum atomic E-state index is 12.2.